The van der Waals surface area contributed by atoms with Crippen LogP contribution >= 0.6 is 0 Å². The Kier molecular flexibility index (Phi) is 13.0. The largest absolute Gasteiger partial charge is 0.498 e. The molecule has 0 unspecified atom stereocenters. The van der Waals surface area contributed by atoms with Gasteiger partial charge in [0.2, 0.25) is 0 Å². The fourth-order valence-electron chi connectivity index (χ4n) is 2.64. The molecule has 0 saturated carbocycles. The van der Waals surface area contributed by atoms with Crippen molar-refractivity contribution in [1.82, 2.24) is 0 Å². The van der Waals surface area contributed by atoms with Crippen molar-refractivity contribution >= 4 is 0 Å². The van der Waals surface area contributed by atoms with Gasteiger partial charge < -0.3 is 4.74 Å². The van der Waals surface area contributed by atoms with Gasteiger partial charge in [-0.2, -0.15) is 0 Å². The first kappa shape index (κ1) is 21.6. The van der Waals surface area contributed by atoms with Gasteiger partial charge in [0.15, 0.2) is 0 Å². The van der Waals surface area contributed by atoms with Gasteiger partial charge in [-0.15, -0.1) is 0 Å². The molecule has 0 aromatic heterocycles. The molecule has 0 aromatic carbocycles. The molecule has 1 aliphatic carbocycles. The van der Waals surface area contributed by atoms with E-state index in [1.807, 2.05) is 34.6 Å². The highest BCUT2D eigenvalue weighted by molar-refractivity contribution is 5.25. The molecule has 1 heteroatoms. The molecule has 20 heavy (non-hydrogen) atoms. The van der Waals surface area contributed by atoms with Crippen molar-refractivity contribution in [3.8, 4) is 0 Å². The van der Waals surface area contributed by atoms with Gasteiger partial charge in [0.25, 0.3) is 0 Å². The van der Waals surface area contributed by atoms with E-state index in [0.717, 1.165) is 31.1 Å². The van der Waals surface area contributed by atoms with Crippen LogP contribution in [0.3, 0.4) is 0 Å². The Balaban J connectivity index is 0. The number of rotatable bonds is 5. The second kappa shape index (κ2) is 12.1. The van der Waals surface area contributed by atoms with E-state index in [1.54, 1.807) is 5.57 Å². The van der Waals surface area contributed by atoms with E-state index in [0.29, 0.717) is 5.41 Å². The lowest BCUT2D eigenvalue weighted by molar-refractivity contribution is 0.214. The van der Waals surface area contributed by atoms with Gasteiger partial charge in [0, 0.05) is 6.42 Å². The van der Waals surface area contributed by atoms with Gasteiger partial charge in [-0.1, -0.05) is 67.0 Å². The molecule has 0 aliphatic heterocycles. The van der Waals surface area contributed by atoms with E-state index in [-0.39, 0.29) is 0 Å². The molecule has 0 aromatic rings. The van der Waals surface area contributed by atoms with Crippen LogP contribution in [-0.2, 0) is 4.74 Å². The summed E-state index contributed by atoms with van der Waals surface area (Å²) in [5, 5.41) is 0. The van der Waals surface area contributed by atoms with Crippen molar-refractivity contribution in [1.29, 1.82) is 0 Å². The molecule has 0 bridgehead atoms. The van der Waals surface area contributed by atoms with Crippen LogP contribution in [0.4, 0.5) is 0 Å². The third-order valence-corrected chi connectivity index (χ3v) is 3.23. The molecule has 1 aliphatic rings. The highest BCUT2D eigenvalue weighted by atomic mass is 16.5. The zero-order valence-corrected chi connectivity index (χ0v) is 15.5. The van der Waals surface area contributed by atoms with Gasteiger partial charge in [-0.3, -0.25) is 0 Å². The van der Waals surface area contributed by atoms with Crippen molar-refractivity contribution < 1.29 is 4.74 Å². The second-order valence-corrected chi connectivity index (χ2v) is 5.74. The van der Waals surface area contributed by atoms with Crippen LogP contribution in [0.5, 0.6) is 0 Å². The van der Waals surface area contributed by atoms with Gasteiger partial charge >= 0.3 is 0 Å². The summed E-state index contributed by atoms with van der Waals surface area (Å²) in [7, 11) is 0. The Morgan fingerprint density at radius 3 is 1.95 bits per heavy atom. The molecule has 0 radical (unpaired) electrons. The summed E-state index contributed by atoms with van der Waals surface area (Å²) in [6.07, 6.45) is 7.92. The predicted molar refractivity (Wildman–Crippen MR) is 93.0 cm³/mol. The molecular weight excluding hydrogens is 244 g/mol. The Labute approximate surface area is 128 Å². The third kappa shape index (κ3) is 8.45. The van der Waals surface area contributed by atoms with Gasteiger partial charge in [0.1, 0.15) is 0 Å². The minimum Gasteiger partial charge on any atom is -0.498 e. The lowest BCUT2D eigenvalue weighted by Crippen LogP contribution is -2.19. The molecule has 0 amide bonds. The molecular formula is C19H38O. The Morgan fingerprint density at radius 1 is 1.05 bits per heavy atom. The third-order valence-electron chi connectivity index (χ3n) is 3.23. The van der Waals surface area contributed by atoms with Gasteiger partial charge in [-0.25, -0.2) is 0 Å². The summed E-state index contributed by atoms with van der Waals surface area (Å²) in [5.41, 5.74) is 1.91. The maximum Gasteiger partial charge on any atom is 0.0962 e. The van der Waals surface area contributed by atoms with Crippen LogP contribution in [0.2, 0.25) is 0 Å². The fraction of sp³-hybridized carbons (Fsp3) is 0.789. The van der Waals surface area contributed by atoms with Crippen molar-refractivity contribution in [3.63, 3.8) is 0 Å². The monoisotopic (exact) mass is 282 g/mol. The van der Waals surface area contributed by atoms with Crippen molar-refractivity contribution in [2.24, 2.45) is 11.3 Å². The summed E-state index contributed by atoms with van der Waals surface area (Å²) >= 11 is 0. The minimum atomic E-state index is 0.336. The molecule has 1 nitrogen and oxygen atoms in total. The number of allylic oxidation sites excluding steroid dienone is 4. The molecule has 0 fully saturated rings. The minimum absolute atomic E-state index is 0.336. The van der Waals surface area contributed by atoms with E-state index in [1.165, 1.54) is 6.42 Å². The van der Waals surface area contributed by atoms with E-state index >= 15 is 0 Å². The predicted octanol–water partition coefficient (Wildman–Crippen LogP) is 6.75. The van der Waals surface area contributed by atoms with Crippen LogP contribution in [0.15, 0.2) is 23.5 Å². The Hall–Kier alpha value is -0.720. The normalized spacial score (nSPS) is 14.3. The quantitative estimate of drug-likeness (QED) is 0.541. The summed E-state index contributed by atoms with van der Waals surface area (Å²) in [6.45, 7) is 20.1. The smallest absolute Gasteiger partial charge is 0.0962 e. The summed E-state index contributed by atoms with van der Waals surface area (Å²) in [5.74, 6) is 1.90. The summed E-state index contributed by atoms with van der Waals surface area (Å²) in [4.78, 5) is 0. The van der Waals surface area contributed by atoms with Crippen molar-refractivity contribution in [2.75, 3.05) is 6.61 Å². The lowest BCUT2D eigenvalue weighted by Gasteiger charge is -2.31. The molecule has 120 valence electrons. The fourth-order valence-corrected chi connectivity index (χ4v) is 2.64. The van der Waals surface area contributed by atoms with Crippen LogP contribution in [0.25, 0.3) is 0 Å². The average molecular weight is 283 g/mol. The SMILES string of the molecule is CC.CC.CCOC1=CC=C(C(C)(C)CC(C)C)CC1. The van der Waals surface area contributed by atoms with Crippen LogP contribution < -0.4 is 0 Å². The average Bonchev–Trinajstić information content (AvgIpc) is 2.43. The number of hydrogen-bond donors (Lipinski definition) is 0. The number of ether oxygens (including phenoxy) is 1. The van der Waals surface area contributed by atoms with E-state index in [2.05, 4.69) is 39.8 Å². The first-order valence-corrected chi connectivity index (χ1v) is 8.48. The van der Waals surface area contributed by atoms with E-state index < -0.39 is 0 Å². The van der Waals surface area contributed by atoms with E-state index in [9.17, 15) is 0 Å². The van der Waals surface area contributed by atoms with Crippen molar-refractivity contribution in [2.45, 2.75) is 81.6 Å². The van der Waals surface area contributed by atoms with Crippen molar-refractivity contribution in [3.05, 3.63) is 23.5 Å². The van der Waals surface area contributed by atoms with Crippen LogP contribution in [-0.4, -0.2) is 6.61 Å². The van der Waals surface area contributed by atoms with Crippen LogP contribution in [0.1, 0.15) is 81.6 Å². The summed E-state index contributed by atoms with van der Waals surface area (Å²) < 4.78 is 5.54. The van der Waals surface area contributed by atoms with Crippen LogP contribution in [0, 0.1) is 11.3 Å². The highest BCUT2D eigenvalue weighted by Crippen LogP contribution is 2.38. The summed E-state index contributed by atoms with van der Waals surface area (Å²) in [6, 6.07) is 0. The highest BCUT2D eigenvalue weighted by Gasteiger charge is 2.25. The molecule has 1 rings (SSSR count). The number of hydrogen-bond acceptors (Lipinski definition) is 1. The van der Waals surface area contributed by atoms with Gasteiger partial charge in [0.05, 0.1) is 12.4 Å². The molecule has 0 spiro atoms. The topological polar surface area (TPSA) is 9.23 Å². The lowest BCUT2D eigenvalue weighted by atomic mass is 9.74. The maximum atomic E-state index is 5.54. The standard InChI is InChI=1S/C15H26O.2C2H6/c1-6-16-14-9-7-13(8-10-14)15(4,5)11-12(2)3;2*1-2/h7,9,12H,6,8,10-11H2,1-5H3;2*1-2H3. The Bertz CT molecular complexity index is 282. The zero-order chi connectivity index (χ0) is 16.2. The maximum absolute atomic E-state index is 5.54. The van der Waals surface area contributed by atoms with Gasteiger partial charge in [-0.05, 0) is 37.2 Å². The first-order valence-electron chi connectivity index (χ1n) is 8.48. The molecule has 0 N–H and O–H groups in total. The zero-order valence-electron chi connectivity index (χ0n) is 15.5. The molecule has 0 heterocycles. The first-order chi connectivity index (χ1) is 9.45. The Morgan fingerprint density at radius 2 is 1.60 bits per heavy atom. The molecule has 0 atom stereocenters. The van der Waals surface area contributed by atoms with E-state index in [4.69, 9.17) is 4.74 Å². The molecule has 0 saturated heterocycles. The second-order valence-electron chi connectivity index (χ2n) is 5.74.